The van der Waals surface area contributed by atoms with Gasteiger partial charge in [0.1, 0.15) is 48.8 Å². The van der Waals surface area contributed by atoms with E-state index in [1.165, 1.54) is 0 Å². The van der Waals surface area contributed by atoms with Crippen molar-refractivity contribution in [2.75, 3.05) is 19.8 Å². The van der Waals surface area contributed by atoms with Crippen molar-refractivity contribution in [2.45, 2.75) is 101 Å². The summed E-state index contributed by atoms with van der Waals surface area (Å²) in [6.07, 6.45) is -7.68. The number of ether oxygens (including phenoxy) is 10. The smallest absolute Gasteiger partial charge is 0.187 e. The zero-order chi connectivity index (χ0) is 46.6. The maximum absolute atomic E-state index is 12.3. The molecule has 0 saturated carbocycles. The van der Waals surface area contributed by atoms with Crippen LogP contribution in [0.25, 0.3) is 0 Å². The fraction of sp³-hybridized carbons (Fsp3) is 0.333. The molecule has 1 N–H and O–H groups in total. The van der Waals surface area contributed by atoms with Crippen LogP contribution in [-0.2, 0) is 87.0 Å². The summed E-state index contributed by atoms with van der Waals surface area (Å²) in [5, 5.41) is 12.3. The molecule has 0 radical (unpaired) electrons. The van der Waals surface area contributed by atoms with E-state index in [0.29, 0.717) is 13.2 Å². The number of aliphatic hydroxyl groups is 1. The summed E-state index contributed by atoms with van der Waals surface area (Å²) in [5.41, 5.74) is 5.75. The fourth-order valence-electron chi connectivity index (χ4n) is 8.33. The summed E-state index contributed by atoms with van der Waals surface area (Å²) in [4.78, 5) is 0. The van der Waals surface area contributed by atoms with Gasteiger partial charge in [-0.05, 0) is 33.4 Å². The van der Waals surface area contributed by atoms with Crippen LogP contribution in [0, 0.1) is 0 Å². The Morgan fingerprint density at radius 2 is 0.735 bits per heavy atom. The molecular weight excluding hydrogens is 861 g/mol. The first kappa shape index (κ1) is 49.1. The normalized spacial score (nSPS) is 24.9. The van der Waals surface area contributed by atoms with Gasteiger partial charge in [0.15, 0.2) is 12.6 Å². The molecule has 0 aliphatic carbocycles. The van der Waals surface area contributed by atoms with Gasteiger partial charge < -0.3 is 52.5 Å². The molecular formula is C57H62O11. The summed E-state index contributed by atoms with van der Waals surface area (Å²) in [7, 11) is 0. The maximum atomic E-state index is 12.3. The van der Waals surface area contributed by atoms with Crippen molar-refractivity contribution >= 4 is 0 Å². The van der Waals surface area contributed by atoms with Gasteiger partial charge in [-0.3, -0.25) is 0 Å². The molecule has 0 spiro atoms. The summed E-state index contributed by atoms with van der Waals surface area (Å²) < 4.78 is 67.3. The minimum absolute atomic E-state index is 0.0632. The predicted molar refractivity (Wildman–Crippen MR) is 257 cm³/mol. The Morgan fingerprint density at radius 1 is 0.382 bits per heavy atom. The maximum Gasteiger partial charge on any atom is 0.187 e. The first-order valence-electron chi connectivity index (χ1n) is 23.3. The average Bonchev–Trinajstić information content (AvgIpc) is 3.39. The van der Waals surface area contributed by atoms with Gasteiger partial charge in [-0.25, -0.2) is 0 Å². The second-order valence-corrected chi connectivity index (χ2v) is 16.8. The van der Waals surface area contributed by atoms with Crippen LogP contribution in [0.5, 0.6) is 0 Å². The van der Waals surface area contributed by atoms with E-state index >= 15 is 0 Å². The molecule has 0 aromatic heterocycles. The van der Waals surface area contributed by atoms with Gasteiger partial charge in [0.05, 0.1) is 59.5 Å². The van der Waals surface area contributed by atoms with Gasteiger partial charge in [0.2, 0.25) is 0 Å². The molecule has 11 nitrogen and oxygen atoms in total. The molecule has 6 aromatic rings. The van der Waals surface area contributed by atoms with E-state index in [1.54, 1.807) is 6.08 Å². The lowest BCUT2D eigenvalue weighted by molar-refractivity contribution is -0.374. The first-order chi connectivity index (χ1) is 33.6. The van der Waals surface area contributed by atoms with Crippen LogP contribution in [0.1, 0.15) is 33.4 Å². The third-order valence-electron chi connectivity index (χ3n) is 11.8. The summed E-state index contributed by atoms with van der Waals surface area (Å²) >= 11 is 0. The van der Waals surface area contributed by atoms with E-state index in [1.807, 2.05) is 182 Å². The minimum Gasteiger partial charge on any atom is -0.385 e. The minimum atomic E-state index is -1.30. The Balaban J connectivity index is 1.14. The van der Waals surface area contributed by atoms with Gasteiger partial charge in [0, 0.05) is 0 Å². The van der Waals surface area contributed by atoms with Gasteiger partial charge in [0.25, 0.3) is 0 Å². The van der Waals surface area contributed by atoms with Gasteiger partial charge in [-0.2, -0.15) is 0 Å². The van der Waals surface area contributed by atoms with Crippen molar-refractivity contribution in [1.82, 2.24) is 0 Å². The quantitative estimate of drug-likeness (QED) is 0.0555. The predicted octanol–water partition coefficient (Wildman–Crippen LogP) is 9.16. The van der Waals surface area contributed by atoms with Crippen LogP contribution in [0.3, 0.4) is 0 Å². The Bertz CT molecular complexity index is 2290. The second kappa shape index (κ2) is 26.4. The van der Waals surface area contributed by atoms with Crippen LogP contribution in [0.4, 0.5) is 0 Å². The van der Waals surface area contributed by atoms with Crippen molar-refractivity contribution in [3.05, 3.63) is 228 Å². The zero-order valence-electron chi connectivity index (χ0n) is 38.3. The molecule has 2 heterocycles. The third kappa shape index (κ3) is 14.3. The standard InChI is InChI=1S/C57H62O11/c1-2-33-61-54-51(62-36-44-25-13-5-14-26-44)48(40-59-34-42-21-9-3-10-22-42)67-57(55(54)64-38-46-29-17-7-18-30-46)68-52-49(41-60-35-43-23-11-4-12-24-43)66-56(65-39-47-31-19-8-20-32-47)50(58)53(52)63-37-45-27-15-6-16-28-45/h2-32,48-58H,1,33-41H2/t48-,49-,50-,51+,52-,53-,54+,55-,56-,57+/m1/s1. The van der Waals surface area contributed by atoms with Gasteiger partial charge in [-0.15, -0.1) is 6.58 Å². The van der Waals surface area contributed by atoms with Crippen molar-refractivity contribution in [2.24, 2.45) is 0 Å². The number of hydrogen-bond acceptors (Lipinski definition) is 11. The molecule has 2 aliphatic heterocycles. The highest BCUT2D eigenvalue weighted by molar-refractivity contribution is 5.18. The number of aliphatic hydroxyl groups excluding tert-OH is 1. The van der Waals surface area contributed by atoms with Gasteiger partial charge in [-0.1, -0.05) is 188 Å². The van der Waals surface area contributed by atoms with Crippen molar-refractivity contribution in [3.8, 4) is 0 Å². The number of hydrogen-bond donors (Lipinski definition) is 1. The average molecular weight is 923 g/mol. The Kier molecular flexibility index (Phi) is 19.0. The van der Waals surface area contributed by atoms with E-state index in [2.05, 4.69) is 6.58 Å². The Morgan fingerprint density at radius 3 is 1.16 bits per heavy atom. The van der Waals surface area contributed by atoms with E-state index in [4.69, 9.17) is 47.4 Å². The summed E-state index contributed by atoms with van der Waals surface area (Å²) in [6, 6.07) is 59.2. The number of rotatable bonds is 25. The van der Waals surface area contributed by atoms with E-state index < -0.39 is 61.4 Å². The topological polar surface area (TPSA) is 113 Å². The highest BCUT2D eigenvalue weighted by atomic mass is 16.8. The lowest BCUT2D eigenvalue weighted by Crippen LogP contribution is -2.66. The molecule has 0 unspecified atom stereocenters. The lowest BCUT2D eigenvalue weighted by atomic mass is 9.96. The van der Waals surface area contributed by atoms with Gasteiger partial charge >= 0.3 is 0 Å². The van der Waals surface area contributed by atoms with Crippen LogP contribution in [-0.4, -0.2) is 86.3 Å². The fourth-order valence-corrected chi connectivity index (χ4v) is 8.33. The van der Waals surface area contributed by atoms with Crippen molar-refractivity contribution < 1.29 is 52.5 Å². The first-order valence-corrected chi connectivity index (χ1v) is 23.3. The Hall–Kier alpha value is -5.38. The molecule has 2 saturated heterocycles. The van der Waals surface area contributed by atoms with E-state index in [9.17, 15) is 5.11 Å². The molecule has 0 bridgehead atoms. The van der Waals surface area contributed by atoms with Crippen LogP contribution >= 0.6 is 0 Å². The molecule has 10 atom stereocenters. The van der Waals surface area contributed by atoms with E-state index in [0.717, 1.165) is 33.4 Å². The molecule has 2 aliphatic rings. The number of benzene rings is 6. The molecule has 8 rings (SSSR count). The largest absolute Gasteiger partial charge is 0.385 e. The Labute approximate surface area is 400 Å². The molecule has 6 aromatic carbocycles. The van der Waals surface area contributed by atoms with Crippen LogP contribution in [0.2, 0.25) is 0 Å². The third-order valence-corrected chi connectivity index (χ3v) is 11.8. The molecule has 68 heavy (non-hydrogen) atoms. The SMILES string of the molecule is C=CCO[C@H]1[C@@H](OCc2ccccc2)[C@@H](COCc2ccccc2)O[C@@H](O[C@H]2[C@H](OCc3ccccc3)[C@@H](O)[C@H](OCc3ccccc3)O[C@@H]2COCc2ccccc2)[C@@H]1OCc1ccccc1. The zero-order valence-corrected chi connectivity index (χ0v) is 38.3. The molecule has 356 valence electrons. The highest BCUT2D eigenvalue weighted by Gasteiger charge is 2.54. The second-order valence-electron chi connectivity index (χ2n) is 16.8. The molecule has 0 amide bonds. The van der Waals surface area contributed by atoms with Crippen LogP contribution < -0.4 is 0 Å². The lowest BCUT2D eigenvalue weighted by Gasteiger charge is -2.49. The van der Waals surface area contributed by atoms with Crippen molar-refractivity contribution in [1.29, 1.82) is 0 Å². The highest BCUT2D eigenvalue weighted by Crippen LogP contribution is 2.36. The monoisotopic (exact) mass is 922 g/mol. The molecule has 11 heteroatoms. The summed E-state index contributed by atoms with van der Waals surface area (Å²) in [6.45, 7) is 5.86. The molecule has 2 fully saturated rings. The summed E-state index contributed by atoms with van der Waals surface area (Å²) in [5.74, 6) is 0. The van der Waals surface area contributed by atoms with Crippen LogP contribution in [0.15, 0.2) is 195 Å². The van der Waals surface area contributed by atoms with E-state index in [-0.39, 0.29) is 46.2 Å². The van der Waals surface area contributed by atoms with Crippen molar-refractivity contribution in [3.63, 3.8) is 0 Å².